The second-order valence-corrected chi connectivity index (χ2v) is 9.28. The number of rotatable bonds is 6. The van der Waals surface area contributed by atoms with Crippen molar-refractivity contribution >= 4 is 22.5 Å². The molecule has 1 N–H and O–H groups in total. The summed E-state index contributed by atoms with van der Waals surface area (Å²) in [6.07, 6.45) is 9.29. The van der Waals surface area contributed by atoms with Gasteiger partial charge in [0.15, 0.2) is 5.82 Å². The number of pyridine rings is 1. The summed E-state index contributed by atoms with van der Waals surface area (Å²) in [7, 11) is 0. The van der Waals surface area contributed by atoms with Crippen molar-refractivity contribution in [3.63, 3.8) is 0 Å². The molecule has 6 rings (SSSR count). The maximum absolute atomic E-state index is 6.54. The standard InChI is InChI=1S/C26H29N7O3/c1-17-30-26(36-32-17)18-2-7-24(29-16-18)31-19-3-5-21(6-4-19)35-23-15-20(33-10-12-34-13-11-33)14-22-25(23)28-9-8-27-22/h2,7-9,14-16,19,21H,3-6,10-13H2,1H3,(H,29,31)/t19-,21+. The van der Waals surface area contributed by atoms with Crippen molar-refractivity contribution in [2.75, 3.05) is 36.5 Å². The first-order valence-corrected chi connectivity index (χ1v) is 12.5. The highest BCUT2D eigenvalue weighted by Crippen LogP contribution is 2.33. The van der Waals surface area contributed by atoms with Crippen molar-refractivity contribution in [3.8, 4) is 17.2 Å². The number of benzene rings is 1. The van der Waals surface area contributed by atoms with Gasteiger partial charge in [-0.05, 0) is 50.8 Å². The van der Waals surface area contributed by atoms with E-state index in [1.54, 1.807) is 25.5 Å². The summed E-state index contributed by atoms with van der Waals surface area (Å²) in [6.45, 7) is 5.00. The Morgan fingerprint density at radius 1 is 1.00 bits per heavy atom. The molecule has 1 saturated heterocycles. The van der Waals surface area contributed by atoms with Crippen LogP contribution in [0.3, 0.4) is 0 Å². The number of hydrogen-bond acceptors (Lipinski definition) is 10. The van der Waals surface area contributed by atoms with Crippen molar-refractivity contribution in [2.45, 2.75) is 44.8 Å². The van der Waals surface area contributed by atoms with Gasteiger partial charge in [-0.2, -0.15) is 4.98 Å². The van der Waals surface area contributed by atoms with E-state index < -0.39 is 0 Å². The highest BCUT2D eigenvalue weighted by molar-refractivity contribution is 5.85. The molecule has 1 aliphatic heterocycles. The van der Waals surface area contributed by atoms with Crippen LogP contribution in [0.5, 0.6) is 5.75 Å². The fraction of sp³-hybridized carbons (Fsp3) is 0.423. The third kappa shape index (κ3) is 4.94. The zero-order valence-corrected chi connectivity index (χ0v) is 20.3. The molecule has 0 atom stereocenters. The summed E-state index contributed by atoms with van der Waals surface area (Å²) in [5.41, 5.74) is 3.60. The topological polar surface area (TPSA) is 111 Å². The van der Waals surface area contributed by atoms with Crippen LogP contribution in [0.2, 0.25) is 0 Å². The lowest BCUT2D eigenvalue weighted by Crippen LogP contribution is -2.36. The first-order valence-electron chi connectivity index (χ1n) is 12.5. The van der Waals surface area contributed by atoms with Crippen LogP contribution < -0.4 is 15.0 Å². The molecule has 4 aromatic rings. The number of ether oxygens (including phenoxy) is 2. The van der Waals surface area contributed by atoms with Gasteiger partial charge in [0.2, 0.25) is 0 Å². The molecule has 1 saturated carbocycles. The van der Waals surface area contributed by atoms with E-state index in [9.17, 15) is 0 Å². The average molecular weight is 488 g/mol. The van der Waals surface area contributed by atoms with E-state index >= 15 is 0 Å². The zero-order valence-electron chi connectivity index (χ0n) is 20.3. The number of anilines is 2. The average Bonchev–Trinajstić information content (AvgIpc) is 3.37. The Morgan fingerprint density at radius 2 is 1.83 bits per heavy atom. The molecule has 0 unspecified atom stereocenters. The van der Waals surface area contributed by atoms with Gasteiger partial charge in [-0.25, -0.2) is 9.97 Å². The van der Waals surface area contributed by atoms with E-state index in [2.05, 4.69) is 47.4 Å². The maximum atomic E-state index is 6.54. The third-order valence-corrected chi connectivity index (χ3v) is 6.76. The van der Waals surface area contributed by atoms with Crippen molar-refractivity contribution in [1.29, 1.82) is 0 Å². The quantitative estimate of drug-likeness (QED) is 0.428. The Balaban J connectivity index is 1.09. The van der Waals surface area contributed by atoms with Gasteiger partial charge in [0.05, 0.1) is 30.4 Å². The van der Waals surface area contributed by atoms with Crippen LogP contribution in [0.15, 0.2) is 47.4 Å². The molecule has 0 radical (unpaired) electrons. The third-order valence-electron chi connectivity index (χ3n) is 6.76. The fourth-order valence-corrected chi connectivity index (χ4v) is 4.86. The summed E-state index contributed by atoms with van der Waals surface area (Å²) < 4.78 is 17.3. The Labute approximate surface area is 209 Å². The minimum absolute atomic E-state index is 0.143. The summed E-state index contributed by atoms with van der Waals surface area (Å²) in [4.78, 5) is 20.2. The second kappa shape index (κ2) is 10.1. The van der Waals surface area contributed by atoms with Crippen LogP contribution in [-0.2, 0) is 4.74 Å². The molecule has 3 aromatic heterocycles. The maximum Gasteiger partial charge on any atom is 0.259 e. The Kier molecular flexibility index (Phi) is 6.33. The SMILES string of the molecule is Cc1noc(-c2ccc(N[C@H]3CC[C@@H](Oc4cc(N5CCOCC5)cc5nccnc45)CC3)nc2)n1. The lowest BCUT2D eigenvalue weighted by Gasteiger charge is -2.31. The first-order chi connectivity index (χ1) is 17.7. The molecular weight excluding hydrogens is 458 g/mol. The van der Waals surface area contributed by atoms with E-state index in [1.165, 1.54) is 0 Å². The molecule has 1 aromatic carbocycles. The monoisotopic (exact) mass is 487 g/mol. The molecule has 36 heavy (non-hydrogen) atoms. The van der Waals surface area contributed by atoms with Gasteiger partial charge in [0, 0.05) is 49.5 Å². The lowest BCUT2D eigenvalue weighted by molar-refractivity contribution is 0.122. The highest BCUT2D eigenvalue weighted by atomic mass is 16.5. The number of aryl methyl sites for hydroxylation is 1. The fourth-order valence-electron chi connectivity index (χ4n) is 4.86. The molecule has 4 heterocycles. The second-order valence-electron chi connectivity index (χ2n) is 9.28. The summed E-state index contributed by atoms with van der Waals surface area (Å²) in [5.74, 6) is 2.75. The van der Waals surface area contributed by atoms with Crippen molar-refractivity contribution < 1.29 is 14.0 Å². The van der Waals surface area contributed by atoms with Gasteiger partial charge in [0.25, 0.3) is 5.89 Å². The molecule has 0 bridgehead atoms. The van der Waals surface area contributed by atoms with Gasteiger partial charge < -0.3 is 24.2 Å². The van der Waals surface area contributed by atoms with E-state index in [4.69, 9.17) is 14.0 Å². The summed E-state index contributed by atoms with van der Waals surface area (Å²) >= 11 is 0. The number of fused-ring (bicyclic) bond motifs is 1. The van der Waals surface area contributed by atoms with Gasteiger partial charge in [-0.15, -0.1) is 0 Å². The van der Waals surface area contributed by atoms with E-state index in [1.807, 2.05) is 12.1 Å². The molecular formula is C26H29N7O3. The number of nitrogens with zero attached hydrogens (tertiary/aromatic N) is 6. The van der Waals surface area contributed by atoms with Crippen molar-refractivity contribution in [1.82, 2.24) is 25.1 Å². The molecule has 2 fully saturated rings. The molecule has 1 aliphatic carbocycles. The number of morpholine rings is 1. The van der Waals surface area contributed by atoms with Gasteiger partial charge in [-0.1, -0.05) is 5.16 Å². The van der Waals surface area contributed by atoms with E-state index in [-0.39, 0.29) is 6.10 Å². The van der Waals surface area contributed by atoms with E-state index in [0.29, 0.717) is 17.8 Å². The Hall–Kier alpha value is -3.79. The molecule has 186 valence electrons. The van der Waals surface area contributed by atoms with Crippen molar-refractivity contribution in [2.24, 2.45) is 0 Å². The number of aromatic nitrogens is 5. The minimum Gasteiger partial charge on any atom is -0.488 e. The van der Waals surface area contributed by atoms with Crippen LogP contribution in [-0.4, -0.2) is 63.5 Å². The number of hydrogen-bond donors (Lipinski definition) is 1. The highest BCUT2D eigenvalue weighted by Gasteiger charge is 2.24. The van der Waals surface area contributed by atoms with Crippen LogP contribution in [0.25, 0.3) is 22.5 Å². The van der Waals surface area contributed by atoms with Crippen molar-refractivity contribution in [3.05, 3.63) is 48.7 Å². The lowest BCUT2D eigenvalue weighted by atomic mass is 9.93. The van der Waals surface area contributed by atoms with Crippen LogP contribution in [0, 0.1) is 6.92 Å². The van der Waals surface area contributed by atoms with Gasteiger partial charge >= 0.3 is 0 Å². The molecule has 10 heteroatoms. The molecule has 10 nitrogen and oxygen atoms in total. The van der Waals surface area contributed by atoms with Crippen LogP contribution in [0.1, 0.15) is 31.5 Å². The Bertz CT molecular complexity index is 1310. The minimum atomic E-state index is 0.143. The smallest absolute Gasteiger partial charge is 0.259 e. The number of nitrogens with one attached hydrogen (secondary N) is 1. The molecule has 0 amide bonds. The van der Waals surface area contributed by atoms with Gasteiger partial charge in [-0.3, -0.25) is 4.98 Å². The summed E-state index contributed by atoms with van der Waals surface area (Å²) in [5, 5.41) is 7.39. The molecule has 0 spiro atoms. The zero-order chi connectivity index (χ0) is 24.3. The predicted octanol–water partition coefficient (Wildman–Crippen LogP) is 4.02. The van der Waals surface area contributed by atoms with E-state index in [0.717, 1.165) is 85.8 Å². The molecule has 2 aliphatic rings. The van der Waals surface area contributed by atoms with Crippen LogP contribution >= 0.6 is 0 Å². The van der Waals surface area contributed by atoms with Crippen LogP contribution in [0.4, 0.5) is 11.5 Å². The first kappa shape index (κ1) is 22.7. The summed E-state index contributed by atoms with van der Waals surface area (Å²) in [6, 6.07) is 8.47. The van der Waals surface area contributed by atoms with Gasteiger partial charge in [0.1, 0.15) is 17.1 Å². The largest absolute Gasteiger partial charge is 0.488 e. The normalized spacial score (nSPS) is 20.4. The predicted molar refractivity (Wildman–Crippen MR) is 135 cm³/mol. The Morgan fingerprint density at radius 3 is 2.58 bits per heavy atom.